The van der Waals surface area contributed by atoms with E-state index in [1.165, 1.54) is 11.3 Å². The first kappa shape index (κ1) is 20.5. The van der Waals surface area contributed by atoms with E-state index in [1.807, 2.05) is 66.9 Å². The molecule has 1 aromatic heterocycles. The van der Waals surface area contributed by atoms with Crippen molar-refractivity contribution in [2.45, 2.75) is 31.9 Å². The van der Waals surface area contributed by atoms with Crippen molar-refractivity contribution in [3.05, 3.63) is 93.2 Å². The first-order valence-corrected chi connectivity index (χ1v) is 11.6. The number of ketones is 1. The number of thiophene rings is 1. The van der Waals surface area contributed by atoms with Gasteiger partial charge in [0.2, 0.25) is 0 Å². The van der Waals surface area contributed by atoms with E-state index in [2.05, 4.69) is 0 Å². The first-order valence-electron chi connectivity index (χ1n) is 10.7. The van der Waals surface area contributed by atoms with E-state index in [1.54, 1.807) is 11.0 Å². The second-order valence-electron chi connectivity index (χ2n) is 8.20. The molecule has 0 saturated carbocycles. The topological polar surface area (TPSA) is 66.8 Å². The Balaban J connectivity index is 1.54. The van der Waals surface area contributed by atoms with E-state index in [-0.39, 0.29) is 17.4 Å². The number of hydrogen-bond acceptors (Lipinski definition) is 5. The molecule has 0 aliphatic carbocycles. The highest BCUT2D eigenvalue weighted by atomic mass is 32.1. The molecule has 0 radical (unpaired) electrons. The van der Waals surface area contributed by atoms with Gasteiger partial charge in [0, 0.05) is 23.4 Å². The lowest BCUT2D eigenvalue weighted by atomic mass is 9.98. The fourth-order valence-electron chi connectivity index (χ4n) is 4.47. The van der Waals surface area contributed by atoms with Gasteiger partial charge in [-0.3, -0.25) is 9.59 Å². The SMILES string of the molecule is C[C@H]1Cc2cc(/C(O)=C3\C(=O)C(=O)N(CCc4ccccc4)[C@H]3c3cccs3)ccc2O1. The number of carbonyl (C=O) groups excluding carboxylic acids is 2. The molecule has 0 unspecified atom stereocenters. The molecule has 162 valence electrons. The molecule has 2 atom stereocenters. The number of benzene rings is 2. The summed E-state index contributed by atoms with van der Waals surface area (Å²) in [5.41, 5.74) is 2.76. The predicted octanol–water partition coefficient (Wildman–Crippen LogP) is 4.74. The number of hydrogen-bond donors (Lipinski definition) is 1. The van der Waals surface area contributed by atoms with E-state index in [4.69, 9.17) is 4.74 Å². The molecule has 5 rings (SSSR count). The van der Waals surface area contributed by atoms with Crippen LogP contribution in [-0.4, -0.2) is 34.3 Å². The number of nitrogens with zero attached hydrogens (tertiary/aromatic N) is 1. The third-order valence-corrected chi connectivity index (χ3v) is 6.93. The summed E-state index contributed by atoms with van der Waals surface area (Å²) in [5.74, 6) is -0.545. The molecule has 32 heavy (non-hydrogen) atoms. The van der Waals surface area contributed by atoms with Gasteiger partial charge in [-0.2, -0.15) is 0 Å². The molecule has 3 aromatic rings. The number of ether oxygens (including phenoxy) is 1. The van der Waals surface area contributed by atoms with Gasteiger partial charge >= 0.3 is 0 Å². The highest BCUT2D eigenvalue weighted by Crippen LogP contribution is 2.42. The van der Waals surface area contributed by atoms with Crippen LogP contribution >= 0.6 is 11.3 Å². The van der Waals surface area contributed by atoms with Gasteiger partial charge in [0.1, 0.15) is 17.6 Å². The van der Waals surface area contributed by atoms with Crippen LogP contribution in [0.25, 0.3) is 5.76 Å². The van der Waals surface area contributed by atoms with Crippen LogP contribution in [-0.2, 0) is 22.4 Å². The van der Waals surface area contributed by atoms with Gasteiger partial charge < -0.3 is 14.7 Å². The molecule has 2 aromatic carbocycles. The van der Waals surface area contributed by atoms with Crippen LogP contribution in [0.15, 0.2) is 71.6 Å². The fourth-order valence-corrected chi connectivity index (χ4v) is 5.32. The van der Waals surface area contributed by atoms with Crippen LogP contribution < -0.4 is 4.74 Å². The predicted molar refractivity (Wildman–Crippen MR) is 124 cm³/mol. The summed E-state index contributed by atoms with van der Waals surface area (Å²) in [4.78, 5) is 28.6. The Bertz CT molecular complexity index is 1200. The maximum absolute atomic E-state index is 13.1. The Morgan fingerprint density at radius 2 is 1.94 bits per heavy atom. The van der Waals surface area contributed by atoms with Gasteiger partial charge in [-0.25, -0.2) is 0 Å². The molecule has 1 fully saturated rings. The normalized spacial score (nSPS) is 21.6. The minimum atomic E-state index is -0.640. The van der Waals surface area contributed by atoms with Crippen LogP contribution in [0, 0.1) is 0 Å². The summed E-state index contributed by atoms with van der Waals surface area (Å²) >= 11 is 1.48. The van der Waals surface area contributed by atoms with Crippen molar-refractivity contribution in [1.29, 1.82) is 0 Å². The summed E-state index contributed by atoms with van der Waals surface area (Å²) in [7, 11) is 0. The Morgan fingerprint density at radius 1 is 1.12 bits per heavy atom. The van der Waals surface area contributed by atoms with Crippen molar-refractivity contribution in [3.63, 3.8) is 0 Å². The molecule has 0 bridgehead atoms. The molecule has 3 heterocycles. The van der Waals surface area contributed by atoms with Crippen molar-refractivity contribution in [1.82, 2.24) is 4.90 Å². The zero-order valence-electron chi connectivity index (χ0n) is 17.7. The number of aliphatic hydroxyl groups is 1. The summed E-state index contributed by atoms with van der Waals surface area (Å²) < 4.78 is 5.75. The lowest BCUT2D eigenvalue weighted by Crippen LogP contribution is -2.31. The molecule has 2 aliphatic heterocycles. The fraction of sp³-hybridized carbons (Fsp3) is 0.231. The summed E-state index contributed by atoms with van der Waals surface area (Å²) in [5, 5.41) is 13.1. The third-order valence-electron chi connectivity index (χ3n) is 6.01. The molecular weight excluding hydrogens is 422 g/mol. The second kappa shape index (κ2) is 8.28. The molecule has 6 heteroatoms. The van der Waals surface area contributed by atoms with Crippen LogP contribution in [0.5, 0.6) is 5.75 Å². The Hall–Kier alpha value is -3.38. The van der Waals surface area contributed by atoms with E-state index < -0.39 is 17.7 Å². The lowest BCUT2D eigenvalue weighted by molar-refractivity contribution is -0.139. The third kappa shape index (κ3) is 3.60. The second-order valence-corrected chi connectivity index (χ2v) is 9.18. The molecule has 5 nitrogen and oxygen atoms in total. The number of aliphatic hydroxyl groups excluding tert-OH is 1. The summed E-state index contributed by atoms with van der Waals surface area (Å²) in [6.45, 7) is 2.39. The highest BCUT2D eigenvalue weighted by molar-refractivity contribution is 7.10. The maximum Gasteiger partial charge on any atom is 0.295 e. The molecule has 0 spiro atoms. The maximum atomic E-state index is 13.1. The number of amides is 1. The summed E-state index contributed by atoms with van der Waals surface area (Å²) in [6.07, 6.45) is 1.46. The number of Topliss-reactive ketones (excluding diaryl/α,β-unsaturated/α-hetero) is 1. The molecule has 1 N–H and O–H groups in total. The molecular formula is C26H23NO4S. The Labute approximate surface area is 190 Å². The standard InChI is InChI=1S/C26H23NO4S/c1-16-14-19-15-18(9-10-20(19)31-16)24(28)22-23(21-8-5-13-32-21)27(26(30)25(22)29)12-11-17-6-3-2-4-7-17/h2-10,13,15-16,23,28H,11-12,14H2,1H3/b24-22+/t16-,23-/m0/s1. The van der Waals surface area contributed by atoms with E-state index in [0.717, 1.165) is 28.2 Å². The van der Waals surface area contributed by atoms with E-state index >= 15 is 0 Å². The van der Waals surface area contributed by atoms with E-state index in [9.17, 15) is 14.7 Å². The highest BCUT2D eigenvalue weighted by Gasteiger charge is 2.46. The minimum Gasteiger partial charge on any atom is -0.507 e. The molecule has 1 saturated heterocycles. The van der Waals surface area contributed by atoms with Crippen molar-refractivity contribution >= 4 is 28.8 Å². The Morgan fingerprint density at radius 3 is 2.69 bits per heavy atom. The van der Waals surface area contributed by atoms with Crippen molar-refractivity contribution in [2.75, 3.05) is 6.54 Å². The average Bonchev–Trinajstić information content (AvgIpc) is 3.51. The van der Waals surface area contributed by atoms with E-state index in [0.29, 0.717) is 18.5 Å². The zero-order valence-corrected chi connectivity index (χ0v) is 18.5. The Kier molecular flexibility index (Phi) is 5.31. The summed E-state index contributed by atoms with van der Waals surface area (Å²) in [6, 6.07) is 18.5. The number of carbonyl (C=O) groups is 2. The van der Waals surface area contributed by atoms with Gasteiger partial charge in [0.05, 0.1) is 11.6 Å². The number of likely N-dealkylation sites (tertiary alicyclic amines) is 1. The monoisotopic (exact) mass is 445 g/mol. The van der Waals surface area contributed by atoms with Crippen LogP contribution in [0.1, 0.15) is 34.5 Å². The van der Waals surface area contributed by atoms with Gasteiger partial charge in [0.25, 0.3) is 11.7 Å². The number of rotatable bonds is 5. The van der Waals surface area contributed by atoms with Crippen molar-refractivity contribution in [2.24, 2.45) is 0 Å². The number of fused-ring (bicyclic) bond motifs is 1. The first-order chi connectivity index (χ1) is 15.5. The smallest absolute Gasteiger partial charge is 0.295 e. The molecule has 1 amide bonds. The zero-order chi connectivity index (χ0) is 22.2. The quantitative estimate of drug-likeness (QED) is 0.350. The van der Waals surface area contributed by atoms with Gasteiger partial charge in [-0.1, -0.05) is 36.4 Å². The lowest BCUT2D eigenvalue weighted by Gasteiger charge is -2.24. The largest absolute Gasteiger partial charge is 0.507 e. The van der Waals surface area contributed by atoms with Gasteiger partial charge in [-0.15, -0.1) is 11.3 Å². The van der Waals surface area contributed by atoms with Crippen LogP contribution in [0.2, 0.25) is 0 Å². The van der Waals surface area contributed by atoms with Crippen LogP contribution in [0.3, 0.4) is 0 Å². The van der Waals surface area contributed by atoms with Gasteiger partial charge in [0.15, 0.2) is 0 Å². The van der Waals surface area contributed by atoms with Crippen molar-refractivity contribution in [3.8, 4) is 5.75 Å². The minimum absolute atomic E-state index is 0.0806. The van der Waals surface area contributed by atoms with Gasteiger partial charge in [-0.05, 0) is 54.1 Å². The average molecular weight is 446 g/mol. The van der Waals surface area contributed by atoms with Crippen molar-refractivity contribution < 1.29 is 19.4 Å². The molecule has 2 aliphatic rings. The van der Waals surface area contributed by atoms with Crippen LogP contribution in [0.4, 0.5) is 0 Å².